The highest BCUT2D eigenvalue weighted by molar-refractivity contribution is 5.92. The second-order valence-corrected chi connectivity index (χ2v) is 7.93. The number of rotatable bonds is 8. The van der Waals surface area contributed by atoms with Gasteiger partial charge in [0.25, 0.3) is 5.91 Å². The van der Waals surface area contributed by atoms with Crippen molar-refractivity contribution < 1.29 is 14.0 Å². The Labute approximate surface area is 151 Å². The molecular weight excluding hydrogens is 318 g/mol. The topological polar surface area (TPSA) is 75.4 Å². The van der Waals surface area contributed by atoms with Crippen molar-refractivity contribution in [1.82, 2.24) is 15.2 Å². The Morgan fingerprint density at radius 1 is 1.24 bits per heavy atom. The van der Waals surface area contributed by atoms with Crippen molar-refractivity contribution in [2.24, 2.45) is 5.41 Å². The summed E-state index contributed by atoms with van der Waals surface area (Å²) in [6.07, 6.45) is 3.51. The van der Waals surface area contributed by atoms with E-state index in [0.717, 1.165) is 12.8 Å². The average molecular weight is 351 g/mol. The fourth-order valence-corrected chi connectivity index (χ4v) is 2.30. The van der Waals surface area contributed by atoms with E-state index in [9.17, 15) is 9.59 Å². The molecule has 0 saturated heterocycles. The van der Waals surface area contributed by atoms with Gasteiger partial charge in [0, 0.05) is 18.5 Å². The van der Waals surface area contributed by atoms with Gasteiger partial charge in [0.2, 0.25) is 11.8 Å². The van der Waals surface area contributed by atoms with Crippen LogP contribution in [0.3, 0.4) is 0 Å². The van der Waals surface area contributed by atoms with Crippen LogP contribution in [0.1, 0.15) is 84.1 Å². The van der Waals surface area contributed by atoms with Gasteiger partial charge >= 0.3 is 0 Å². The molecule has 2 unspecified atom stereocenters. The molecule has 142 valence electrons. The molecule has 1 aromatic rings. The molecule has 0 aliphatic rings. The number of nitrogens with one attached hydrogen (secondary N) is 1. The first-order valence-corrected chi connectivity index (χ1v) is 9.12. The summed E-state index contributed by atoms with van der Waals surface area (Å²) >= 11 is 0. The highest BCUT2D eigenvalue weighted by Gasteiger charge is 2.26. The lowest BCUT2D eigenvalue weighted by Crippen LogP contribution is -2.39. The third kappa shape index (κ3) is 6.88. The maximum Gasteiger partial charge on any atom is 0.273 e. The first kappa shape index (κ1) is 21.2. The third-order valence-corrected chi connectivity index (χ3v) is 4.20. The van der Waals surface area contributed by atoms with Crippen molar-refractivity contribution in [3.8, 4) is 0 Å². The van der Waals surface area contributed by atoms with Crippen LogP contribution in [0.2, 0.25) is 0 Å². The van der Waals surface area contributed by atoms with Gasteiger partial charge in [-0.2, -0.15) is 0 Å². The van der Waals surface area contributed by atoms with E-state index in [1.807, 2.05) is 48.5 Å². The second-order valence-electron chi connectivity index (χ2n) is 7.93. The summed E-state index contributed by atoms with van der Waals surface area (Å²) in [6, 6.07) is 0.164. The van der Waals surface area contributed by atoms with Gasteiger partial charge in [-0.3, -0.25) is 9.59 Å². The van der Waals surface area contributed by atoms with E-state index >= 15 is 0 Å². The van der Waals surface area contributed by atoms with Crippen LogP contribution in [-0.2, 0) is 11.3 Å². The lowest BCUT2D eigenvalue weighted by Gasteiger charge is -2.30. The van der Waals surface area contributed by atoms with E-state index in [1.54, 1.807) is 4.90 Å². The average Bonchev–Trinajstić information content (AvgIpc) is 2.98. The molecule has 25 heavy (non-hydrogen) atoms. The van der Waals surface area contributed by atoms with E-state index in [2.05, 4.69) is 10.3 Å². The predicted molar refractivity (Wildman–Crippen MR) is 98.1 cm³/mol. The zero-order chi connectivity index (χ0) is 19.2. The fourth-order valence-electron chi connectivity index (χ4n) is 2.30. The number of nitrogens with zero attached hydrogens (tertiary/aromatic N) is 2. The van der Waals surface area contributed by atoms with Crippen molar-refractivity contribution in [3.63, 3.8) is 0 Å². The summed E-state index contributed by atoms with van der Waals surface area (Å²) in [6.45, 7) is 14.4. The third-order valence-electron chi connectivity index (χ3n) is 4.20. The predicted octanol–water partition coefficient (Wildman–Crippen LogP) is 3.77. The van der Waals surface area contributed by atoms with Gasteiger partial charge in [0.15, 0.2) is 5.69 Å². The standard InChI is InChI=1S/C19H33N3O3/c1-8-13(3)20-18(24)15-12-25-16(21-15)11-22(14(4)9-2)17(23)10-19(5,6)7/h12-14H,8-11H2,1-7H3,(H,20,24). The van der Waals surface area contributed by atoms with Crippen molar-refractivity contribution in [3.05, 3.63) is 17.8 Å². The van der Waals surface area contributed by atoms with Crippen LogP contribution >= 0.6 is 0 Å². The van der Waals surface area contributed by atoms with E-state index in [1.165, 1.54) is 6.26 Å². The number of oxazole rings is 1. The van der Waals surface area contributed by atoms with Crippen LogP contribution in [0.25, 0.3) is 0 Å². The molecule has 0 radical (unpaired) electrons. The fraction of sp³-hybridized carbons (Fsp3) is 0.737. The minimum absolute atomic E-state index is 0.0747. The molecule has 0 aliphatic heterocycles. The molecule has 0 fully saturated rings. The first-order valence-electron chi connectivity index (χ1n) is 9.12. The van der Waals surface area contributed by atoms with Gasteiger partial charge < -0.3 is 14.6 Å². The number of amides is 2. The molecule has 2 amide bonds. The molecule has 0 aromatic carbocycles. The molecule has 1 rings (SSSR count). The number of hydrogen-bond donors (Lipinski definition) is 1. The molecule has 6 heteroatoms. The minimum Gasteiger partial charge on any atom is -0.446 e. The number of aromatic nitrogens is 1. The Balaban J connectivity index is 2.85. The zero-order valence-corrected chi connectivity index (χ0v) is 16.7. The Bertz CT molecular complexity index is 575. The maximum absolute atomic E-state index is 12.7. The van der Waals surface area contributed by atoms with Gasteiger partial charge in [0.1, 0.15) is 6.26 Å². The number of carbonyl (C=O) groups is 2. The molecule has 1 aromatic heterocycles. The monoisotopic (exact) mass is 351 g/mol. The highest BCUT2D eigenvalue weighted by atomic mass is 16.3. The molecule has 0 bridgehead atoms. The largest absolute Gasteiger partial charge is 0.446 e. The maximum atomic E-state index is 12.7. The molecule has 1 N–H and O–H groups in total. The van der Waals surface area contributed by atoms with E-state index in [-0.39, 0.29) is 41.6 Å². The van der Waals surface area contributed by atoms with Crippen LogP contribution < -0.4 is 5.32 Å². The summed E-state index contributed by atoms with van der Waals surface area (Å²) in [5.41, 5.74) is 0.170. The molecule has 0 spiro atoms. The first-order chi connectivity index (χ1) is 11.6. The second kappa shape index (κ2) is 9.02. The Hall–Kier alpha value is -1.85. The minimum atomic E-state index is -0.250. The lowest BCUT2D eigenvalue weighted by atomic mass is 9.91. The number of hydrogen-bond acceptors (Lipinski definition) is 4. The Kier molecular flexibility index (Phi) is 7.64. The van der Waals surface area contributed by atoms with Gasteiger partial charge in [-0.05, 0) is 32.1 Å². The summed E-state index contributed by atoms with van der Waals surface area (Å²) in [5, 5.41) is 2.86. The Morgan fingerprint density at radius 3 is 2.40 bits per heavy atom. The summed E-state index contributed by atoms with van der Waals surface area (Å²) in [5.74, 6) is 0.211. The zero-order valence-electron chi connectivity index (χ0n) is 16.7. The summed E-state index contributed by atoms with van der Waals surface area (Å²) in [4.78, 5) is 30.8. The normalized spacial score (nSPS) is 14.0. The molecule has 6 nitrogen and oxygen atoms in total. The van der Waals surface area contributed by atoms with Gasteiger partial charge in [-0.25, -0.2) is 4.98 Å². The highest BCUT2D eigenvalue weighted by Crippen LogP contribution is 2.22. The van der Waals surface area contributed by atoms with Crippen molar-refractivity contribution in [2.75, 3.05) is 0 Å². The van der Waals surface area contributed by atoms with Gasteiger partial charge in [-0.15, -0.1) is 0 Å². The van der Waals surface area contributed by atoms with Crippen molar-refractivity contribution >= 4 is 11.8 Å². The van der Waals surface area contributed by atoms with Crippen LogP contribution in [0.5, 0.6) is 0 Å². The van der Waals surface area contributed by atoms with Crippen LogP contribution in [0, 0.1) is 5.41 Å². The van der Waals surface area contributed by atoms with Gasteiger partial charge in [-0.1, -0.05) is 34.6 Å². The lowest BCUT2D eigenvalue weighted by molar-refractivity contribution is -0.136. The van der Waals surface area contributed by atoms with Crippen LogP contribution in [-0.4, -0.2) is 33.8 Å². The summed E-state index contributed by atoms with van der Waals surface area (Å²) < 4.78 is 5.44. The molecule has 1 heterocycles. The van der Waals surface area contributed by atoms with Crippen LogP contribution in [0.4, 0.5) is 0 Å². The van der Waals surface area contributed by atoms with E-state index < -0.39 is 0 Å². The summed E-state index contributed by atoms with van der Waals surface area (Å²) in [7, 11) is 0. The molecule has 0 saturated carbocycles. The van der Waals surface area contributed by atoms with E-state index in [4.69, 9.17) is 4.42 Å². The van der Waals surface area contributed by atoms with Gasteiger partial charge in [0.05, 0.1) is 6.54 Å². The molecule has 0 aliphatic carbocycles. The molecular formula is C19H33N3O3. The van der Waals surface area contributed by atoms with E-state index in [0.29, 0.717) is 12.3 Å². The Morgan fingerprint density at radius 2 is 1.88 bits per heavy atom. The van der Waals surface area contributed by atoms with Crippen molar-refractivity contribution in [1.29, 1.82) is 0 Å². The SMILES string of the molecule is CCC(C)NC(=O)c1coc(CN(C(=O)CC(C)(C)C)C(C)CC)n1. The van der Waals surface area contributed by atoms with Crippen molar-refractivity contribution in [2.45, 2.75) is 86.4 Å². The molecule has 2 atom stereocenters. The van der Waals surface area contributed by atoms with Crippen LogP contribution in [0.15, 0.2) is 10.7 Å². The smallest absolute Gasteiger partial charge is 0.273 e. The number of carbonyl (C=O) groups excluding carboxylic acids is 2. The quantitative estimate of drug-likeness (QED) is 0.773.